The molecule has 3 rings (SSSR count). The lowest BCUT2D eigenvalue weighted by molar-refractivity contribution is 0.559. The van der Waals surface area contributed by atoms with Crippen molar-refractivity contribution in [1.82, 2.24) is 20.1 Å². The first-order valence-electron chi connectivity index (χ1n) is 6.84. The van der Waals surface area contributed by atoms with Crippen LogP contribution in [0.15, 0.2) is 35.0 Å². The van der Waals surface area contributed by atoms with Gasteiger partial charge in [0.2, 0.25) is 0 Å². The quantitative estimate of drug-likeness (QED) is 0.774. The summed E-state index contributed by atoms with van der Waals surface area (Å²) in [6.45, 7) is 6.44. The largest absolute Gasteiger partial charge is 0.461 e. The average Bonchev–Trinajstić information content (AvgIpc) is 3.03. The van der Waals surface area contributed by atoms with Crippen LogP contribution < -0.4 is 5.32 Å². The fraction of sp³-hybridized carbons (Fsp3) is 0.333. The first kappa shape index (κ1) is 12.9. The van der Waals surface area contributed by atoms with Crippen molar-refractivity contribution in [3.05, 3.63) is 47.7 Å². The minimum Gasteiger partial charge on any atom is -0.461 e. The highest BCUT2D eigenvalue weighted by Crippen LogP contribution is 2.24. The Morgan fingerprint density at radius 3 is 2.95 bits per heavy atom. The minimum atomic E-state index is 0.701. The van der Waals surface area contributed by atoms with E-state index >= 15 is 0 Å². The molecule has 104 valence electrons. The number of para-hydroxylation sites is 1. The highest BCUT2D eigenvalue weighted by Gasteiger charge is 2.10. The summed E-state index contributed by atoms with van der Waals surface area (Å²) in [5, 5.41) is 12.6. The molecule has 0 atom stereocenters. The van der Waals surface area contributed by atoms with Crippen LogP contribution in [0, 0.1) is 6.92 Å². The maximum Gasteiger partial charge on any atom is 0.146 e. The van der Waals surface area contributed by atoms with Crippen molar-refractivity contribution >= 4 is 11.0 Å². The molecule has 2 heterocycles. The van der Waals surface area contributed by atoms with E-state index < -0.39 is 0 Å². The number of hydrogen-bond donors (Lipinski definition) is 1. The number of hydrogen-bond acceptors (Lipinski definition) is 4. The van der Waals surface area contributed by atoms with E-state index in [-0.39, 0.29) is 0 Å². The number of aromatic nitrogens is 3. The first-order chi connectivity index (χ1) is 9.79. The fourth-order valence-electron chi connectivity index (χ4n) is 2.42. The SMILES string of the molecule is CCn1cnnc1CNCc1c(C)oc2ccccc12. The summed E-state index contributed by atoms with van der Waals surface area (Å²) in [6.07, 6.45) is 1.76. The molecule has 2 aromatic heterocycles. The molecule has 0 amide bonds. The molecule has 0 fully saturated rings. The van der Waals surface area contributed by atoms with Crippen LogP contribution in [0.4, 0.5) is 0 Å². The molecule has 1 N–H and O–H groups in total. The Kier molecular flexibility index (Phi) is 3.52. The van der Waals surface area contributed by atoms with Gasteiger partial charge in [-0.2, -0.15) is 0 Å². The van der Waals surface area contributed by atoms with Gasteiger partial charge in [0.05, 0.1) is 6.54 Å². The molecule has 0 aliphatic carbocycles. The number of nitrogens with zero attached hydrogens (tertiary/aromatic N) is 3. The molecule has 0 saturated heterocycles. The van der Waals surface area contributed by atoms with Gasteiger partial charge < -0.3 is 14.3 Å². The van der Waals surface area contributed by atoms with Crippen molar-refractivity contribution in [3.63, 3.8) is 0 Å². The minimum absolute atomic E-state index is 0.701. The van der Waals surface area contributed by atoms with E-state index in [4.69, 9.17) is 4.42 Å². The van der Waals surface area contributed by atoms with Gasteiger partial charge in [-0.3, -0.25) is 0 Å². The second-order valence-electron chi connectivity index (χ2n) is 4.77. The molecule has 0 spiro atoms. The highest BCUT2D eigenvalue weighted by molar-refractivity contribution is 5.82. The van der Waals surface area contributed by atoms with E-state index in [1.807, 2.05) is 29.7 Å². The first-order valence-corrected chi connectivity index (χ1v) is 6.84. The van der Waals surface area contributed by atoms with Crippen LogP contribution in [0.2, 0.25) is 0 Å². The van der Waals surface area contributed by atoms with Gasteiger partial charge in [-0.05, 0) is 19.9 Å². The predicted molar refractivity (Wildman–Crippen MR) is 77.2 cm³/mol. The summed E-state index contributed by atoms with van der Waals surface area (Å²) in [6, 6.07) is 8.12. The lowest BCUT2D eigenvalue weighted by atomic mass is 10.1. The van der Waals surface area contributed by atoms with Gasteiger partial charge in [-0.25, -0.2) is 0 Å². The monoisotopic (exact) mass is 270 g/mol. The Morgan fingerprint density at radius 2 is 2.10 bits per heavy atom. The molecule has 1 aromatic carbocycles. The van der Waals surface area contributed by atoms with Gasteiger partial charge in [0.25, 0.3) is 0 Å². The van der Waals surface area contributed by atoms with Gasteiger partial charge in [0, 0.05) is 24.0 Å². The topological polar surface area (TPSA) is 55.9 Å². The van der Waals surface area contributed by atoms with Crippen LogP contribution >= 0.6 is 0 Å². The summed E-state index contributed by atoms with van der Waals surface area (Å²) in [5.41, 5.74) is 2.15. The molecule has 0 aliphatic rings. The number of rotatable bonds is 5. The third-order valence-electron chi connectivity index (χ3n) is 3.52. The van der Waals surface area contributed by atoms with Crippen molar-refractivity contribution < 1.29 is 4.42 Å². The van der Waals surface area contributed by atoms with Crippen molar-refractivity contribution in [2.24, 2.45) is 0 Å². The van der Waals surface area contributed by atoms with Crippen molar-refractivity contribution in [2.75, 3.05) is 0 Å². The van der Waals surface area contributed by atoms with Gasteiger partial charge in [-0.1, -0.05) is 18.2 Å². The Hall–Kier alpha value is -2.14. The molecule has 0 saturated carbocycles. The second-order valence-corrected chi connectivity index (χ2v) is 4.77. The molecular weight excluding hydrogens is 252 g/mol. The molecule has 3 aromatic rings. The third kappa shape index (κ3) is 2.32. The number of furan rings is 1. The lowest BCUT2D eigenvalue weighted by Crippen LogP contribution is -2.16. The number of aryl methyl sites for hydroxylation is 2. The van der Waals surface area contributed by atoms with Gasteiger partial charge in [0.1, 0.15) is 23.5 Å². The highest BCUT2D eigenvalue weighted by atomic mass is 16.3. The number of nitrogens with one attached hydrogen (secondary N) is 1. The van der Waals surface area contributed by atoms with E-state index in [0.29, 0.717) is 6.54 Å². The third-order valence-corrected chi connectivity index (χ3v) is 3.52. The zero-order valence-corrected chi connectivity index (χ0v) is 11.8. The van der Waals surface area contributed by atoms with Crippen LogP contribution in [-0.2, 0) is 19.6 Å². The predicted octanol–water partition coefficient (Wildman–Crippen LogP) is 2.64. The molecule has 0 bridgehead atoms. The van der Waals surface area contributed by atoms with Crippen molar-refractivity contribution in [1.29, 1.82) is 0 Å². The second kappa shape index (κ2) is 5.46. The zero-order valence-electron chi connectivity index (χ0n) is 11.8. The Labute approximate surface area is 117 Å². The summed E-state index contributed by atoms with van der Waals surface area (Å²) in [4.78, 5) is 0. The summed E-state index contributed by atoms with van der Waals surface area (Å²) >= 11 is 0. The molecule has 0 aliphatic heterocycles. The Bertz CT molecular complexity index is 714. The number of fused-ring (bicyclic) bond motifs is 1. The lowest BCUT2D eigenvalue weighted by Gasteiger charge is -2.05. The Balaban J connectivity index is 1.73. The summed E-state index contributed by atoms with van der Waals surface area (Å²) < 4.78 is 7.79. The van der Waals surface area contributed by atoms with Gasteiger partial charge >= 0.3 is 0 Å². The fourth-order valence-corrected chi connectivity index (χ4v) is 2.42. The molecule has 0 unspecified atom stereocenters. The molecular formula is C15H18N4O. The summed E-state index contributed by atoms with van der Waals surface area (Å²) in [5.74, 6) is 1.92. The van der Waals surface area contributed by atoms with Crippen LogP contribution in [0.1, 0.15) is 24.1 Å². The van der Waals surface area contributed by atoms with Crippen LogP contribution in [0.25, 0.3) is 11.0 Å². The van der Waals surface area contributed by atoms with E-state index in [1.54, 1.807) is 6.33 Å². The number of benzene rings is 1. The maximum atomic E-state index is 5.76. The smallest absolute Gasteiger partial charge is 0.146 e. The van der Waals surface area contributed by atoms with Gasteiger partial charge in [0.15, 0.2) is 0 Å². The van der Waals surface area contributed by atoms with Crippen molar-refractivity contribution in [2.45, 2.75) is 33.5 Å². The van der Waals surface area contributed by atoms with E-state index in [2.05, 4.69) is 28.5 Å². The Morgan fingerprint density at radius 1 is 1.25 bits per heavy atom. The van der Waals surface area contributed by atoms with Crippen LogP contribution in [0.5, 0.6) is 0 Å². The van der Waals surface area contributed by atoms with E-state index in [1.165, 1.54) is 10.9 Å². The van der Waals surface area contributed by atoms with E-state index in [9.17, 15) is 0 Å². The molecule has 0 radical (unpaired) electrons. The average molecular weight is 270 g/mol. The molecule has 20 heavy (non-hydrogen) atoms. The zero-order chi connectivity index (χ0) is 13.9. The molecule has 5 nitrogen and oxygen atoms in total. The van der Waals surface area contributed by atoms with Gasteiger partial charge in [-0.15, -0.1) is 10.2 Å². The van der Waals surface area contributed by atoms with E-state index in [0.717, 1.165) is 30.3 Å². The normalized spacial score (nSPS) is 11.3. The standard InChI is InChI=1S/C15H18N4O/c1-3-19-10-17-18-15(19)9-16-8-13-11(2)20-14-7-5-4-6-12(13)14/h4-7,10,16H,3,8-9H2,1-2H3. The van der Waals surface area contributed by atoms with Crippen LogP contribution in [0.3, 0.4) is 0 Å². The van der Waals surface area contributed by atoms with Crippen LogP contribution in [-0.4, -0.2) is 14.8 Å². The summed E-state index contributed by atoms with van der Waals surface area (Å²) in [7, 11) is 0. The molecule has 5 heteroatoms. The maximum absolute atomic E-state index is 5.76. The van der Waals surface area contributed by atoms with Crippen molar-refractivity contribution in [3.8, 4) is 0 Å².